The Morgan fingerprint density at radius 1 is 1.38 bits per heavy atom. The summed E-state index contributed by atoms with van der Waals surface area (Å²) in [6.07, 6.45) is 5.84. The maximum absolute atomic E-state index is 12.0. The van der Waals surface area contributed by atoms with Gasteiger partial charge in [-0.3, -0.25) is 9.78 Å². The van der Waals surface area contributed by atoms with Crippen molar-refractivity contribution in [1.29, 1.82) is 0 Å². The van der Waals surface area contributed by atoms with E-state index in [9.17, 15) is 9.59 Å². The van der Waals surface area contributed by atoms with Crippen LogP contribution < -0.4 is 5.32 Å². The molecule has 0 aliphatic carbocycles. The van der Waals surface area contributed by atoms with Crippen LogP contribution in [0.3, 0.4) is 0 Å². The highest BCUT2D eigenvalue weighted by Gasteiger charge is 2.24. The second-order valence-electron chi connectivity index (χ2n) is 4.84. The molecule has 0 unspecified atom stereocenters. The highest BCUT2D eigenvalue weighted by Crippen LogP contribution is 2.12. The van der Waals surface area contributed by atoms with Gasteiger partial charge in [0.15, 0.2) is 0 Å². The number of nitrogens with one attached hydrogen (secondary N) is 1. The smallest absolute Gasteiger partial charge is 0.410 e. The first-order valence-electron chi connectivity index (χ1n) is 6.94. The van der Waals surface area contributed by atoms with Gasteiger partial charge in [-0.05, 0) is 25.0 Å². The molecule has 6 heteroatoms. The molecule has 1 aliphatic rings. The lowest BCUT2D eigenvalue weighted by molar-refractivity contribution is 0.0874. The number of piperidine rings is 1. The van der Waals surface area contributed by atoms with E-state index in [1.807, 2.05) is 0 Å². The third kappa shape index (κ3) is 4.30. The van der Waals surface area contributed by atoms with Crippen LogP contribution in [0.1, 0.15) is 23.2 Å². The summed E-state index contributed by atoms with van der Waals surface area (Å²) < 4.78 is 4.99. The zero-order valence-corrected chi connectivity index (χ0v) is 11.8. The lowest BCUT2D eigenvalue weighted by Crippen LogP contribution is -2.46. The van der Waals surface area contributed by atoms with E-state index in [-0.39, 0.29) is 24.6 Å². The van der Waals surface area contributed by atoms with Crippen LogP contribution in [0.15, 0.2) is 37.2 Å². The Morgan fingerprint density at radius 2 is 2.05 bits per heavy atom. The minimum atomic E-state index is -0.325. The molecule has 0 saturated carbocycles. The summed E-state index contributed by atoms with van der Waals surface area (Å²) in [7, 11) is 0. The van der Waals surface area contributed by atoms with Crippen molar-refractivity contribution in [3.8, 4) is 0 Å². The van der Waals surface area contributed by atoms with Gasteiger partial charge in [0.2, 0.25) is 0 Å². The Hall–Kier alpha value is -2.37. The van der Waals surface area contributed by atoms with Gasteiger partial charge in [-0.2, -0.15) is 0 Å². The Morgan fingerprint density at radius 3 is 2.67 bits per heavy atom. The SMILES string of the molecule is C=CCOC(=O)N1CCC(NC(=O)c2ccncc2)CC1. The second kappa shape index (κ2) is 7.42. The maximum atomic E-state index is 12.0. The molecule has 21 heavy (non-hydrogen) atoms. The monoisotopic (exact) mass is 289 g/mol. The molecule has 2 amide bonds. The average molecular weight is 289 g/mol. The molecular formula is C15H19N3O3. The van der Waals surface area contributed by atoms with E-state index in [1.54, 1.807) is 35.5 Å². The maximum Gasteiger partial charge on any atom is 0.410 e. The second-order valence-corrected chi connectivity index (χ2v) is 4.84. The summed E-state index contributed by atoms with van der Waals surface area (Å²) >= 11 is 0. The van der Waals surface area contributed by atoms with Gasteiger partial charge < -0.3 is 15.0 Å². The molecule has 0 radical (unpaired) electrons. The number of likely N-dealkylation sites (tertiary alicyclic amines) is 1. The highest BCUT2D eigenvalue weighted by molar-refractivity contribution is 5.94. The number of hydrogen-bond acceptors (Lipinski definition) is 4. The van der Waals surface area contributed by atoms with Crippen molar-refractivity contribution in [3.05, 3.63) is 42.7 Å². The molecule has 112 valence electrons. The normalized spacial score (nSPS) is 15.3. The first kappa shape index (κ1) is 15.0. The topological polar surface area (TPSA) is 71.5 Å². The number of ether oxygens (including phenoxy) is 1. The van der Waals surface area contributed by atoms with E-state index < -0.39 is 0 Å². The van der Waals surface area contributed by atoms with E-state index in [0.29, 0.717) is 18.7 Å². The third-order valence-corrected chi connectivity index (χ3v) is 3.36. The van der Waals surface area contributed by atoms with Gasteiger partial charge in [-0.1, -0.05) is 12.7 Å². The number of carbonyl (C=O) groups is 2. The first-order chi connectivity index (χ1) is 10.2. The molecule has 1 aromatic heterocycles. The van der Waals surface area contributed by atoms with Gasteiger partial charge in [-0.15, -0.1) is 0 Å². The molecule has 0 aromatic carbocycles. The van der Waals surface area contributed by atoms with E-state index in [0.717, 1.165) is 12.8 Å². The number of nitrogens with zero attached hydrogens (tertiary/aromatic N) is 2. The van der Waals surface area contributed by atoms with Crippen LogP contribution in [-0.2, 0) is 4.74 Å². The molecule has 1 fully saturated rings. The zero-order valence-electron chi connectivity index (χ0n) is 11.8. The van der Waals surface area contributed by atoms with Crippen LogP contribution >= 0.6 is 0 Å². The van der Waals surface area contributed by atoms with Crippen LogP contribution in [0.5, 0.6) is 0 Å². The average Bonchev–Trinajstić information content (AvgIpc) is 2.54. The Labute approximate surface area is 123 Å². The fourth-order valence-electron chi connectivity index (χ4n) is 2.20. The molecule has 2 heterocycles. The van der Waals surface area contributed by atoms with Crippen LogP contribution in [0, 0.1) is 0 Å². The first-order valence-corrected chi connectivity index (χ1v) is 6.94. The largest absolute Gasteiger partial charge is 0.445 e. The van der Waals surface area contributed by atoms with Crippen LogP contribution in [0.4, 0.5) is 4.79 Å². The van der Waals surface area contributed by atoms with Crippen molar-refractivity contribution in [3.63, 3.8) is 0 Å². The molecule has 0 atom stereocenters. The molecule has 6 nitrogen and oxygen atoms in total. The quantitative estimate of drug-likeness (QED) is 0.855. The van der Waals surface area contributed by atoms with E-state index >= 15 is 0 Å². The van der Waals surface area contributed by atoms with E-state index in [2.05, 4.69) is 16.9 Å². The van der Waals surface area contributed by atoms with Crippen LogP contribution in [-0.4, -0.2) is 47.6 Å². The van der Waals surface area contributed by atoms with Crippen molar-refractivity contribution in [2.75, 3.05) is 19.7 Å². The summed E-state index contributed by atoms with van der Waals surface area (Å²) in [5.41, 5.74) is 0.595. The predicted molar refractivity (Wildman–Crippen MR) is 77.8 cm³/mol. The molecule has 0 spiro atoms. The molecule has 1 N–H and O–H groups in total. The Bertz CT molecular complexity index is 496. The summed E-state index contributed by atoms with van der Waals surface area (Å²) in [5.74, 6) is -0.106. The number of aromatic nitrogens is 1. The third-order valence-electron chi connectivity index (χ3n) is 3.36. The fourth-order valence-corrected chi connectivity index (χ4v) is 2.20. The predicted octanol–water partition coefficient (Wildman–Crippen LogP) is 1.60. The van der Waals surface area contributed by atoms with Crippen LogP contribution in [0.2, 0.25) is 0 Å². The Balaban J connectivity index is 1.78. The fraction of sp³-hybridized carbons (Fsp3) is 0.400. The number of pyridine rings is 1. The van der Waals surface area contributed by atoms with Gasteiger partial charge in [0.25, 0.3) is 5.91 Å². The minimum Gasteiger partial charge on any atom is -0.445 e. The van der Waals surface area contributed by atoms with Crippen molar-refractivity contribution in [1.82, 2.24) is 15.2 Å². The standard InChI is InChI=1S/C15H19N3O3/c1-2-11-21-15(20)18-9-5-13(6-10-18)17-14(19)12-3-7-16-8-4-12/h2-4,7-8,13H,1,5-6,9-11H2,(H,17,19). The molecule has 1 aromatic rings. The summed E-state index contributed by atoms with van der Waals surface area (Å²) in [6.45, 7) is 4.88. The molecule has 1 aliphatic heterocycles. The Kier molecular flexibility index (Phi) is 5.31. The lowest BCUT2D eigenvalue weighted by Gasteiger charge is -2.31. The van der Waals surface area contributed by atoms with Gasteiger partial charge >= 0.3 is 6.09 Å². The highest BCUT2D eigenvalue weighted by atomic mass is 16.6. The lowest BCUT2D eigenvalue weighted by atomic mass is 10.0. The van der Waals surface area contributed by atoms with Crippen molar-refractivity contribution in [2.24, 2.45) is 0 Å². The van der Waals surface area contributed by atoms with Gasteiger partial charge in [0.1, 0.15) is 6.61 Å². The number of amides is 2. The van der Waals surface area contributed by atoms with Crippen molar-refractivity contribution in [2.45, 2.75) is 18.9 Å². The van der Waals surface area contributed by atoms with Gasteiger partial charge in [-0.25, -0.2) is 4.79 Å². The number of rotatable bonds is 4. The zero-order chi connectivity index (χ0) is 15.1. The molecule has 1 saturated heterocycles. The minimum absolute atomic E-state index is 0.0779. The molecular weight excluding hydrogens is 270 g/mol. The summed E-state index contributed by atoms with van der Waals surface area (Å²) in [5, 5.41) is 2.98. The molecule has 2 rings (SSSR count). The van der Waals surface area contributed by atoms with Crippen LogP contribution in [0.25, 0.3) is 0 Å². The van der Waals surface area contributed by atoms with E-state index in [4.69, 9.17) is 4.74 Å². The molecule has 0 bridgehead atoms. The summed E-state index contributed by atoms with van der Waals surface area (Å²) in [6, 6.07) is 3.43. The van der Waals surface area contributed by atoms with Crippen molar-refractivity contribution < 1.29 is 14.3 Å². The number of carbonyl (C=O) groups excluding carboxylic acids is 2. The number of hydrogen-bond donors (Lipinski definition) is 1. The van der Waals surface area contributed by atoms with E-state index in [1.165, 1.54) is 0 Å². The van der Waals surface area contributed by atoms with Crippen molar-refractivity contribution >= 4 is 12.0 Å². The van der Waals surface area contributed by atoms with Gasteiger partial charge in [0, 0.05) is 37.1 Å². The van der Waals surface area contributed by atoms with Gasteiger partial charge in [0.05, 0.1) is 0 Å². The summed E-state index contributed by atoms with van der Waals surface area (Å²) in [4.78, 5) is 29.2.